The van der Waals surface area contributed by atoms with Crippen LogP contribution in [0.2, 0.25) is 5.02 Å². The number of halogens is 1. The summed E-state index contributed by atoms with van der Waals surface area (Å²) in [5, 5.41) is 0.727. The molecule has 1 aliphatic heterocycles. The summed E-state index contributed by atoms with van der Waals surface area (Å²) in [6.45, 7) is 0.773. The van der Waals surface area contributed by atoms with Crippen LogP contribution in [0.25, 0.3) is 0 Å². The third-order valence-electron chi connectivity index (χ3n) is 2.54. The van der Waals surface area contributed by atoms with Crippen molar-refractivity contribution in [3.63, 3.8) is 0 Å². The van der Waals surface area contributed by atoms with E-state index in [1.54, 1.807) is 0 Å². The van der Waals surface area contributed by atoms with Crippen LogP contribution in [-0.2, 0) is 4.74 Å². The molecule has 1 heterocycles. The first-order valence-electron chi connectivity index (χ1n) is 5.25. The lowest BCUT2D eigenvalue weighted by molar-refractivity contribution is 0.279. The minimum Gasteiger partial charge on any atom is -0.464 e. The van der Waals surface area contributed by atoms with E-state index in [1.807, 2.05) is 18.2 Å². The highest BCUT2D eigenvalue weighted by molar-refractivity contribution is 7.98. The molecule has 1 aromatic carbocycles. The highest BCUT2D eigenvalue weighted by Crippen LogP contribution is 2.34. The smallest absolute Gasteiger partial charge is 0.300 e. The number of hydrogen-bond acceptors (Lipinski definition) is 4. The standard InChI is InChI=1S/C11H11ClN2OS/c12-8-3-4-9-10(5-8)16-14-11(13-9)15-6-7-1-2-7/h3-5,7H,1-2,6H2,(H,13,14). The number of rotatable bonds is 2. The topological polar surface area (TPSA) is 33.6 Å². The van der Waals surface area contributed by atoms with E-state index in [-0.39, 0.29) is 0 Å². The lowest BCUT2D eigenvalue weighted by Gasteiger charge is -2.16. The van der Waals surface area contributed by atoms with Crippen LogP contribution in [0.15, 0.2) is 28.1 Å². The first-order chi connectivity index (χ1) is 7.81. The molecule has 84 valence electrons. The molecule has 2 aliphatic rings. The van der Waals surface area contributed by atoms with Crippen LogP contribution in [0.4, 0.5) is 5.69 Å². The predicted octanol–water partition coefficient (Wildman–Crippen LogP) is 3.36. The molecule has 0 spiro atoms. The molecule has 0 aromatic heterocycles. The van der Waals surface area contributed by atoms with Crippen molar-refractivity contribution in [1.29, 1.82) is 0 Å². The summed E-state index contributed by atoms with van der Waals surface area (Å²) < 4.78 is 8.65. The minimum atomic E-state index is 0.603. The van der Waals surface area contributed by atoms with Crippen molar-refractivity contribution in [2.75, 3.05) is 6.61 Å². The number of hydrogen-bond donors (Lipinski definition) is 1. The van der Waals surface area contributed by atoms with Gasteiger partial charge >= 0.3 is 6.02 Å². The van der Waals surface area contributed by atoms with E-state index >= 15 is 0 Å². The Kier molecular flexibility index (Phi) is 2.69. The molecule has 0 amide bonds. The molecule has 0 saturated heterocycles. The van der Waals surface area contributed by atoms with E-state index in [9.17, 15) is 0 Å². The average molecular weight is 255 g/mol. The summed E-state index contributed by atoms with van der Waals surface area (Å²) in [6, 6.07) is 6.25. The van der Waals surface area contributed by atoms with Crippen LogP contribution in [0.1, 0.15) is 12.8 Å². The summed E-state index contributed by atoms with van der Waals surface area (Å²) >= 11 is 7.40. The Hall–Kier alpha value is -0.870. The fourth-order valence-corrected chi connectivity index (χ4v) is 2.38. The van der Waals surface area contributed by atoms with E-state index in [0.717, 1.165) is 28.1 Å². The van der Waals surface area contributed by atoms with Gasteiger partial charge in [0.2, 0.25) is 0 Å². The summed E-state index contributed by atoms with van der Waals surface area (Å²) in [6.07, 6.45) is 2.57. The lowest BCUT2D eigenvalue weighted by Crippen LogP contribution is -2.22. The zero-order valence-electron chi connectivity index (χ0n) is 8.57. The molecule has 5 heteroatoms. The van der Waals surface area contributed by atoms with Crippen molar-refractivity contribution >= 4 is 35.3 Å². The molecule has 1 aromatic rings. The van der Waals surface area contributed by atoms with E-state index in [1.165, 1.54) is 24.8 Å². The number of aliphatic imine (C=N–C) groups is 1. The first-order valence-corrected chi connectivity index (χ1v) is 6.44. The van der Waals surface area contributed by atoms with Gasteiger partial charge in [-0.3, -0.25) is 4.72 Å². The van der Waals surface area contributed by atoms with Crippen LogP contribution in [0, 0.1) is 5.92 Å². The summed E-state index contributed by atoms with van der Waals surface area (Å²) in [5.74, 6) is 0.737. The fraction of sp³-hybridized carbons (Fsp3) is 0.364. The van der Waals surface area contributed by atoms with E-state index < -0.39 is 0 Å². The molecule has 1 fully saturated rings. The van der Waals surface area contributed by atoms with Crippen LogP contribution in [-0.4, -0.2) is 12.6 Å². The van der Waals surface area contributed by atoms with Crippen molar-refractivity contribution in [1.82, 2.24) is 4.72 Å². The number of benzene rings is 1. The van der Waals surface area contributed by atoms with E-state index in [2.05, 4.69) is 9.71 Å². The van der Waals surface area contributed by atoms with E-state index in [0.29, 0.717) is 6.02 Å². The molecule has 3 nitrogen and oxygen atoms in total. The Morgan fingerprint density at radius 2 is 2.38 bits per heavy atom. The second-order valence-electron chi connectivity index (χ2n) is 3.99. The van der Waals surface area contributed by atoms with Gasteiger partial charge in [-0.15, -0.1) is 0 Å². The van der Waals surface area contributed by atoms with Crippen LogP contribution >= 0.6 is 23.5 Å². The van der Waals surface area contributed by atoms with Crippen molar-refractivity contribution in [3.05, 3.63) is 23.2 Å². The van der Waals surface area contributed by atoms with Crippen molar-refractivity contribution in [2.24, 2.45) is 10.9 Å². The van der Waals surface area contributed by atoms with Gasteiger partial charge < -0.3 is 4.74 Å². The Morgan fingerprint density at radius 1 is 1.50 bits per heavy atom. The molecule has 1 N–H and O–H groups in total. The number of nitrogens with one attached hydrogen (secondary N) is 1. The highest BCUT2D eigenvalue weighted by Gasteiger charge is 2.23. The second-order valence-corrected chi connectivity index (χ2v) is 5.27. The average Bonchev–Trinajstić information content (AvgIpc) is 3.10. The number of amidine groups is 1. The van der Waals surface area contributed by atoms with Gasteiger partial charge in [0.05, 0.1) is 17.2 Å². The number of nitrogens with zero attached hydrogens (tertiary/aromatic N) is 1. The molecule has 0 unspecified atom stereocenters. The SMILES string of the molecule is Clc1ccc2c(c1)SNC(OCC1CC1)=N2. The molecule has 0 bridgehead atoms. The quantitative estimate of drug-likeness (QED) is 0.822. The lowest BCUT2D eigenvalue weighted by atomic mass is 10.3. The Balaban J connectivity index is 1.74. The van der Waals surface area contributed by atoms with Crippen LogP contribution in [0.5, 0.6) is 0 Å². The van der Waals surface area contributed by atoms with Crippen molar-refractivity contribution < 1.29 is 4.74 Å². The van der Waals surface area contributed by atoms with Gasteiger partial charge in [-0.05, 0) is 48.9 Å². The third kappa shape index (κ3) is 2.28. The van der Waals surface area contributed by atoms with Crippen LogP contribution in [0.3, 0.4) is 0 Å². The van der Waals surface area contributed by atoms with Gasteiger partial charge in [0.25, 0.3) is 0 Å². The fourth-order valence-electron chi connectivity index (χ4n) is 1.44. The predicted molar refractivity (Wildman–Crippen MR) is 66.2 cm³/mol. The Bertz CT molecular complexity index is 446. The Labute approximate surface area is 103 Å². The van der Waals surface area contributed by atoms with Crippen molar-refractivity contribution in [3.8, 4) is 0 Å². The van der Waals surface area contributed by atoms with Gasteiger partial charge in [0, 0.05) is 5.02 Å². The third-order valence-corrected chi connectivity index (χ3v) is 3.60. The van der Waals surface area contributed by atoms with Gasteiger partial charge in [0.1, 0.15) is 0 Å². The molecular formula is C11H11ClN2OS. The first kappa shape index (κ1) is 10.3. The molecular weight excluding hydrogens is 244 g/mol. The van der Waals surface area contributed by atoms with Gasteiger partial charge in [-0.25, -0.2) is 0 Å². The second kappa shape index (κ2) is 4.18. The molecule has 1 aliphatic carbocycles. The van der Waals surface area contributed by atoms with Gasteiger partial charge in [0.15, 0.2) is 0 Å². The summed E-state index contributed by atoms with van der Waals surface area (Å²) in [4.78, 5) is 5.42. The minimum absolute atomic E-state index is 0.603. The molecule has 3 rings (SSSR count). The Morgan fingerprint density at radius 3 is 3.19 bits per heavy atom. The maximum absolute atomic E-state index is 5.90. The summed E-state index contributed by atoms with van der Waals surface area (Å²) in [5.41, 5.74) is 0.916. The molecule has 16 heavy (non-hydrogen) atoms. The zero-order chi connectivity index (χ0) is 11.0. The zero-order valence-corrected chi connectivity index (χ0v) is 10.1. The monoisotopic (exact) mass is 254 g/mol. The largest absolute Gasteiger partial charge is 0.464 e. The van der Waals surface area contributed by atoms with Crippen LogP contribution < -0.4 is 4.72 Å². The molecule has 0 atom stereocenters. The summed E-state index contributed by atoms with van der Waals surface area (Å²) in [7, 11) is 0. The molecule has 0 radical (unpaired) electrons. The highest BCUT2D eigenvalue weighted by atomic mass is 35.5. The number of fused-ring (bicyclic) bond motifs is 1. The molecule has 1 saturated carbocycles. The maximum Gasteiger partial charge on any atom is 0.300 e. The number of ether oxygens (including phenoxy) is 1. The van der Waals surface area contributed by atoms with Crippen molar-refractivity contribution in [2.45, 2.75) is 17.7 Å². The van der Waals surface area contributed by atoms with E-state index in [4.69, 9.17) is 16.3 Å². The van der Waals surface area contributed by atoms with Gasteiger partial charge in [-0.2, -0.15) is 4.99 Å². The maximum atomic E-state index is 5.90. The van der Waals surface area contributed by atoms with Gasteiger partial charge in [-0.1, -0.05) is 11.6 Å². The normalized spacial score (nSPS) is 18.4.